The molecule has 0 heterocycles. The Labute approximate surface area is 172 Å². The predicted octanol–water partition coefficient (Wildman–Crippen LogP) is 7.56. The first-order chi connectivity index (χ1) is 12.6. The van der Waals surface area contributed by atoms with Gasteiger partial charge in [-0.25, -0.2) is 0 Å². The summed E-state index contributed by atoms with van der Waals surface area (Å²) in [6, 6.07) is 0. The number of carboxylic acid groups (broad SMARTS) is 1. The van der Waals surface area contributed by atoms with Gasteiger partial charge in [0.25, 0.3) is 0 Å². The van der Waals surface area contributed by atoms with Crippen LogP contribution in [0.15, 0.2) is 24.3 Å². The van der Waals surface area contributed by atoms with E-state index in [1.54, 1.807) is 17.8 Å². The van der Waals surface area contributed by atoms with Crippen molar-refractivity contribution in [3.63, 3.8) is 0 Å². The number of carboxylic acids is 1. The molecule has 2 nitrogen and oxygen atoms in total. The zero-order valence-corrected chi connectivity index (χ0v) is 18.9. The van der Waals surface area contributed by atoms with Crippen LogP contribution in [0.4, 0.5) is 0 Å². The maximum absolute atomic E-state index is 11.4. The summed E-state index contributed by atoms with van der Waals surface area (Å²) in [7, 11) is 3.80. The SMILES string of the molecule is CCCCCCCCCCCCSSCSC1(C)C=CC=CC1C(=O)O. The standard InChI is InChI=1S/C21H36O2S3/c1-3-4-5-6-7-8-9-10-11-14-17-25-26-18-24-21(2)16-13-12-15-19(21)20(22)23/h12-13,15-16,19H,3-11,14,17-18H2,1-2H3,(H,22,23). The molecule has 1 rings (SSSR count). The lowest BCUT2D eigenvalue weighted by molar-refractivity contribution is -0.140. The van der Waals surface area contributed by atoms with Gasteiger partial charge in [-0.1, -0.05) is 111 Å². The van der Waals surface area contributed by atoms with Crippen LogP contribution in [0.25, 0.3) is 0 Å². The number of carbonyl (C=O) groups is 1. The van der Waals surface area contributed by atoms with E-state index in [9.17, 15) is 9.90 Å². The lowest BCUT2D eigenvalue weighted by atomic mass is 9.89. The molecule has 0 spiro atoms. The van der Waals surface area contributed by atoms with Crippen molar-refractivity contribution < 1.29 is 9.90 Å². The van der Waals surface area contributed by atoms with Gasteiger partial charge < -0.3 is 5.11 Å². The lowest BCUT2D eigenvalue weighted by Gasteiger charge is -2.31. The molecule has 2 atom stereocenters. The largest absolute Gasteiger partial charge is 0.481 e. The first-order valence-corrected chi connectivity index (χ1v) is 13.5. The molecule has 0 aliphatic heterocycles. The summed E-state index contributed by atoms with van der Waals surface area (Å²) >= 11 is 1.74. The average molecular weight is 417 g/mol. The van der Waals surface area contributed by atoms with E-state index in [-0.39, 0.29) is 4.75 Å². The molecule has 1 aliphatic carbocycles. The number of unbranched alkanes of at least 4 members (excludes halogenated alkanes) is 9. The number of hydrogen-bond acceptors (Lipinski definition) is 4. The van der Waals surface area contributed by atoms with Gasteiger partial charge >= 0.3 is 5.97 Å². The zero-order valence-electron chi connectivity index (χ0n) is 16.5. The predicted molar refractivity (Wildman–Crippen MR) is 122 cm³/mol. The summed E-state index contributed by atoms with van der Waals surface area (Å²) in [4.78, 5) is 11.4. The minimum absolute atomic E-state index is 0.328. The van der Waals surface area contributed by atoms with Crippen LogP contribution >= 0.6 is 33.3 Å². The van der Waals surface area contributed by atoms with Crippen molar-refractivity contribution in [1.29, 1.82) is 0 Å². The quantitative estimate of drug-likeness (QED) is 0.159. The molecule has 150 valence electrons. The number of allylic oxidation sites excluding steroid dienone is 2. The van der Waals surface area contributed by atoms with Gasteiger partial charge in [-0.2, -0.15) is 0 Å². The fourth-order valence-corrected chi connectivity index (χ4v) is 7.28. The van der Waals surface area contributed by atoms with Crippen LogP contribution < -0.4 is 0 Å². The van der Waals surface area contributed by atoms with Gasteiger partial charge in [0.1, 0.15) is 0 Å². The fraction of sp³-hybridized carbons (Fsp3) is 0.762. The van der Waals surface area contributed by atoms with E-state index in [0.29, 0.717) is 0 Å². The molecule has 0 aromatic heterocycles. The summed E-state index contributed by atoms with van der Waals surface area (Å²) in [5.41, 5.74) is 0. The monoisotopic (exact) mass is 416 g/mol. The van der Waals surface area contributed by atoms with Gasteiger partial charge in [0.15, 0.2) is 0 Å². The molecule has 2 unspecified atom stereocenters. The van der Waals surface area contributed by atoms with Gasteiger partial charge in [0, 0.05) is 10.5 Å². The number of rotatable bonds is 16. The Balaban J connectivity index is 1.94. The van der Waals surface area contributed by atoms with E-state index in [2.05, 4.69) is 6.92 Å². The third-order valence-corrected chi connectivity index (χ3v) is 9.16. The second-order valence-electron chi connectivity index (χ2n) is 7.13. The van der Waals surface area contributed by atoms with Gasteiger partial charge in [-0.15, -0.1) is 11.8 Å². The Morgan fingerprint density at radius 2 is 1.58 bits per heavy atom. The van der Waals surface area contributed by atoms with Crippen LogP contribution in [0.1, 0.15) is 78.1 Å². The molecule has 0 bridgehead atoms. The highest BCUT2D eigenvalue weighted by atomic mass is 33.1. The Hall–Kier alpha value is -0.000000000000000222. The third kappa shape index (κ3) is 10.4. The topological polar surface area (TPSA) is 37.3 Å². The maximum atomic E-state index is 11.4. The van der Waals surface area contributed by atoms with E-state index in [1.165, 1.54) is 70.0 Å². The molecular formula is C21H36O2S3. The smallest absolute Gasteiger partial charge is 0.312 e. The highest BCUT2D eigenvalue weighted by Gasteiger charge is 2.37. The highest BCUT2D eigenvalue weighted by molar-refractivity contribution is 8.78. The Kier molecular flexibility index (Phi) is 13.9. The van der Waals surface area contributed by atoms with Gasteiger partial charge in [0.2, 0.25) is 0 Å². The van der Waals surface area contributed by atoms with E-state index in [1.807, 2.05) is 46.7 Å². The van der Waals surface area contributed by atoms with Crippen molar-refractivity contribution >= 4 is 39.3 Å². The van der Waals surface area contributed by atoms with Crippen molar-refractivity contribution in [2.75, 3.05) is 10.8 Å². The summed E-state index contributed by atoms with van der Waals surface area (Å²) in [6.45, 7) is 4.30. The van der Waals surface area contributed by atoms with E-state index in [0.717, 1.165) is 5.08 Å². The van der Waals surface area contributed by atoms with Crippen molar-refractivity contribution in [3.05, 3.63) is 24.3 Å². The zero-order chi connectivity index (χ0) is 19.1. The highest BCUT2D eigenvalue weighted by Crippen LogP contribution is 2.41. The summed E-state index contributed by atoms with van der Waals surface area (Å²) in [5, 5.41) is 10.3. The lowest BCUT2D eigenvalue weighted by Crippen LogP contribution is -2.35. The minimum Gasteiger partial charge on any atom is -0.481 e. The fourth-order valence-electron chi connectivity index (χ4n) is 3.07. The Morgan fingerprint density at radius 3 is 2.19 bits per heavy atom. The van der Waals surface area contributed by atoms with Gasteiger partial charge in [-0.3, -0.25) is 4.79 Å². The van der Waals surface area contributed by atoms with Crippen LogP contribution in [0, 0.1) is 5.92 Å². The van der Waals surface area contributed by atoms with Crippen LogP contribution in [0.3, 0.4) is 0 Å². The summed E-state index contributed by atoms with van der Waals surface area (Å²) < 4.78 is -0.328. The Bertz CT molecular complexity index is 437. The van der Waals surface area contributed by atoms with Crippen LogP contribution in [0.5, 0.6) is 0 Å². The molecule has 0 aromatic rings. The van der Waals surface area contributed by atoms with Crippen molar-refractivity contribution in [1.82, 2.24) is 0 Å². The summed E-state index contributed by atoms with van der Waals surface area (Å²) in [5.74, 6) is 0.0463. The molecule has 0 aromatic carbocycles. The molecule has 1 aliphatic rings. The van der Waals surface area contributed by atoms with Crippen LogP contribution in [-0.2, 0) is 4.79 Å². The van der Waals surface area contributed by atoms with Crippen LogP contribution in [-0.4, -0.2) is 26.7 Å². The normalized spacial score (nSPS) is 22.0. The van der Waals surface area contributed by atoms with Gasteiger partial charge in [-0.05, 0) is 13.3 Å². The number of hydrogen-bond donors (Lipinski definition) is 1. The molecule has 0 amide bonds. The molecule has 5 heteroatoms. The average Bonchev–Trinajstić information content (AvgIpc) is 2.62. The van der Waals surface area contributed by atoms with E-state index < -0.39 is 11.9 Å². The second kappa shape index (κ2) is 15.0. The second-order valence-corrected chi connectivity index (χ2v) is 11.5. The molecule has 0 fully saturated rings. The van der Waals surface area contributed by atoms with E-state index in [4.69, 9.17) is 0 Å². The molecule has 0 saturated carbocycles. The number of thioether (sulfide) groups is 1. The molecule has 0 saturated heterocycles. The molecule has 0 radical (unpaired) electrons. The number of aliphatic carboxylic acids is 1. The molecule has 26 heavy (non-hydrogen) atoms. The maximum Gasteiger partial charge on any atom is 0.312 e. The first kappa shape index (κ1) is 24.0. The summed E-state index contributed by atoms with van der Waals surface area (Å²) in [6.07, 6.45) is 21.5. The minimum atomic E-state index is -0.733. The first-order valence-electron chi connectivity index (χ1n) is 10.1. The molecule has 1 N–H and O–H groups in total. The Morgan fingerprint density at radius 1 is 0.962 bits per heavy atom. The molecular weight excluding hydrogens is 380 g/mol. The van der Waals surface area contributed by atoms with Crippen LogP contribution in [0.2, 0.25) is 0 Å². The van der Waals surface area contributed by atoms with Crippen molar-refractivity contribution in [3.8, 4) is 0 Å². The van der Waals surface area contributed by atoms with E-state index >= 15 is 0 Å². The third-order valence-electron chi connectivity index (χ3n) is 4.81. The van der Waals surface area contributed by atoms with Crippen molar-refractivity contribution in [2.45, 2.75) is 82.8 Å². The van der Waals surface area contributed by atoms with Crippen molar-refractivity contribution in [2.24, 2.45) is 5.92 Å². The van der Waals surface area contributed by atoms with Gasteiger partial charge in [0.05, 0.1) is 11.0 Å².